The van der Waals surface area contributed by atoms with Crippen LogP contribution in [-0.2, 0) is 20.7 Å². The van der Waals surface area contributed by atoms with Gasteiger partial charge in [-0.2, -0.15) is 0 Å². The lowest BCUT2D eigenvalue weighted by Gasteiger charge is -2.31. The molecule has 0 N–H and O–H groups in total. The van der Waals surface area contributed by atoms with Crippen molar-refractivity contribution in [3.8, 4) is 5.75 Å². The molecule has 1 aromatic rings. The van der Waals surface area contributed by atoms with Crippen molar-refractivity contribution in [1.82, 2.24) is 0 Å². The molecule has 0 spiro atoms. The van der Waals surface area contributed by atoms with Crippen molar-refractivity contribution in [2.24, 2.45) is 11.8 Å². The Bertz CT molecular complexity index is 751. The number of hydrogen-bond donors (Lipinski definition) is 0. The number of benzene rings is 1. The van der Waals surface area contributed by atoms with Crippen LogP contribution in [0.15, 0.2) is 48.6 Å². The first-order chi connectivity index (χ1) is 14.3. The third kappa shape index (κ3) is 7.64. The van der Waals surface area contributed by atoms with Gasteiger partial charge in [0.25, 0.3) is 0 Å². The summed E-state index contributed by atoms with van der Waals surface area (Å²) in [6.07, 6.45) is 13.9. The third-order valence-corrected chi connectivity index (χ3v) is 5.41. The van der Waals surface area contributed by atoms with Gasteiger partial charge in [0, 0.05) is 6.42 Å². The molecule has 1 aliphatic carbocycles. The zero-order chi connectivity index (χ0) is 22.0. The van der Waals surface area contributed by atoms with Gasteiger partial charge < -0.3 is 9.47 Å². The minimum atomic E-state index is -1.57. The predicted molar refractivity (Wildman–Crippen MR) is 120 cm³/mol. The van der Waals surface area contributed by atoms with Gasteiger partial charge in [-0.05, 0) is 42.5 Å². The van der Waals surface area contributed by atoms with Crippen LogP contribution in [0.4, 0.5) is 0 Å². The number of unbranched alkanes of at least 4 members (excludes halogenated alkanes) is 4. The van der Waals surface area contributed by atoms with Gasteiger partial charge >= 0.3 is 11.9 Å². The highest BCUT2D eigenvalue weighted by molar-refractivity contribution is 6.26. The molecule has 30 heavy (non-hydrogen) atoms. The van der Waals surface area contributed by atoms with Gasteiger partial charge in [-0.25, -0.2) is 0 Å². The fraction of sp³-hybridized carbons (Fsp3) is 0.520. The van der Waals surface area contributed by atoms with Crippen molar-refractivity contribution in [1.29, 1.82) is 0 Å². The molecule has 164 valence electrons. The predicted octanol–water partition coefficient (Wildman–Crippen LogP) is 6.37. The average molecular weight is 433 g/mol. The Morgan fingerprint density at radius 1 is 1.07 bits per heavy atom. The number of halogens is 1. The smallest absolute Gasteiger partial charge is 0.324 e. The number of hydrogen-bond acceptors (Lipinski definition) is 4. The maximum atomic E-state index is 12.8. The largest absolute Gasteiger partial charge is 0.438 e. The topological polar surface area (TPSA) is 52.6 Å². The summed E-state index contributed by atoms with van der Waals surface area (Å²) in [5.41, 5.74) is 1.22. The molecule has 0 saturated carbocycles. The first-order valence-corrected chi connectivity index (χ1v) is 11.3. The number of rotatable bonds is 11. The molecule has 4 nitrogen and oxygen atoms in total. The minimum Gasteiger partial charge on any atom is -0.438 e. The van der Waals surface area contributed by atoms with Gasteiger partial charge in [0.2, 0.25) is 5.06 Å². The maximum Gasteiger partial charge on any atom is 0.324 e. The van der Waals surface area contributed by atoms with E-state index in [1.165, 1.54) is 37.3 Å². The first kappa shape index (κ1) is 24.2. The molecule has 5 heteroatoms. The molecule has 0 radical (unpaired) electrons. The molecule has 1 aromatic carbocycles. The molecule has 1 aliphatic rings. The standard InChI is InChI=1S/C25H33ClO4/c1-4-5-6-7-8-11-20-13-15-21(16-14-20)29-24(28)22-12-9-10-17-25(22,26)30-23(27)18-19(2)3/h9-10,12-17,19,22H,4-8,11,18H2,1-3H3. The lowest BCUT2D eigenvalue weighted by molar-refractivity contribution is -0.156. The number of esters is 2. The summed E-state index contributed by atoms with van der Waals surface area (Å²) in [4.78, 5) is 24.9. The Balaban J connectivity index is 1.94. The van der Waals surface area contributed by atoms with Crippen molar-refractivity contribution in [2.45, 2.75) is 70.8 Å². The lowest BCUT2D eigenvalue weighted by atomic mass is 9.96. The van der Waals surface area contributed by atoms with Crippen molar-refractivity contribution >= 4 is 23.5 Å². The quantitative estimate of drug-likeness (QED) is 0.176. The zero-order valence-electron chi connectivity index (χ0n) is 18.2. The summed E-state index contributed by atoms with van der Waals surface area (Å²) < 4.78 is 11.0. The number of allylic oxidation sites excluding steroid dienone is 2. The molecular weight excluding hydrogens is 400 g/mol. The van der Waals surface area contributed by atoms with Crippen LogP contribution in [0.5, 0.6) is 5.75 Å². The molecule has 0 saturated heterocycles. The van der Waals surface area contributed by atoms with Crippen LogP contribution >= 0.6 is 11.6 Å². The number of carbonyl (C=O) groups excluding carboxylic acids is 2. The average Bonchev–Trinajstić information content (AvgIpc) is 2.68. The molecule has 0 heterocycles. The van der Waals surface area contributed by atoms with Gasteiger partial charge in [-0.1, -0.05) is 88.4 Å². The second kappa shape index (κ2) is 11.9. The Kier molecular flexibility index (Phi) is 9.64. The number of aryl methyl sites for hydroxylation is 1. The molecule has 0 bridgehead atoms. The number of ether oxygens (including phenoxy) is 2. The summed E-state index contributed by atoms with van der Waals surface area (Å²) in [6, 6.07) is 7.55. The molecule has 0 aliphatic heterocycles. The van der Waals surface area contributed by atoms with Crippen LogP contribution in [0.2, 0.25) is 0 Å². The Labute approximate surface area is 185 Å². The van der Waals surface area contributed by atoms with E-state index in [1.54, 1.807) is 30.4 Å². The first-order valence-electron chi connectivity index (χ1n) is 10.9. The summed E-state index contributed by atoms with van der Waals surface area (Å²) in [5, 5.41) is -1.57. The van der Waals surface area contributed by atoms with Crippen molar-refractivity contribution in [2.75, 3.05) is 0 Å². The van der Waals surface area contributed by atoms with Gasteiger partial charge in [-0.3, -0.25) is 9.59 Å². The SMILES string of the molecule is CCCCCCCc1ccc(OC(=O)C2C=CC=CC2(Cl)OC(=O)CC(C)C)cc1. The summed E-state index contributed by atoms with van der Waals surface area (Å²) >= 11 is 6.52. The van der Waals surface area contributed by atoms with Crippen LogP contribution in [-0.4, -0.2) is 17.0 Å². The van der Waals surface area contributed by atoms with Gasteiger partial charge in [-0.15, -0.1) is 0 Å². The van der Waals surface area contributed by atoms with E-state index < -0.39 is 22.9 Å². The fourth-order valence-corrected chi connectivity index (χ4v) is 3.64. The van der Waals surface area contributed by atoms with E-state index in [0.717, 1.165) is 12.8 Å². The summed E-state index contributed by atoms with van der Waals surface area (Å²) in [6.45, 7) is 6.04. The highest BCUT2D eigenvalue weighted by atomic mass is 35.5. The van der Waals surface area contributed by atoms with Gasteiger partial charge in [0.15, 0.2) is 0 Å². The number of alkyl halides is 1. The maximum absolute atomic E-state index is 12.8. The van der Waals surface area contributed by atoms with E-state index in [4.69, 9.17) is 21.1 Å². The van der Waals surface area contributed by atoms with E-state index in [2.05, 4.69) is 6.92 Å². The van der Waals surface area contributed by atoms with Crippen LogP contribution < -0.4 is 4.74 Å². The Hall–Kier alpha value is -2.07. The van der Waals surface area contributed by atoms with Crippen LogP contribution in [0.25, 0.3) is 0 Å². The summed E-state index contributed by atoms with van der Waals surface area (Å²) in [5.74, 6) is -1.34. The second-order valence-electron chi connectivity index (χ2n) is 8.22. The van der Waals surface area contributed by atoms with Crippen molar-refractivity contribution < 1.29 is 19.1 Å². The van der Waals surface area contributed by atoms with Crippen LogP contribution in [0.3, 0.4) is 0 Å². The fourth-order valence-electron chi connectivity index (χ4n) is 3.32. The summed E-state index contributed by atoms with van der Waals surface area (Å²) in [7, 11) is 0. The monoisotopic (exact) mass is 432 g/mol. The van der Waals surface area contributed by atoms with Crippen LogP contribution in [0.1, 0.15) is 64.9 Å². The number of carbonyl (C=O) groups is 2. The Morgan fingerprint density at radius 2 is 1.77 bits per heavy atom. The zero-order valence-corrected chi connectivity index (χ0v) is 19.0. The highest BCUT2D eigenvalue weighted by Gasteiger charge is 2.44. The highest BCUT2D eigenvalue weighted by Crippen LogP contribution is 2.35. The molecular formula is C25H33ClO4. The van der Waals surface area contributed by atoms with E-state index in [-0.39, 0.29) is 12.3 Å². The normalized spacial score (nSPS) is 20.4. The minimum absolute atomic E-state index is 0.136. The second-order valence-corrected chi connectivity index (χ2v) is 8.81. The third-order valence-electron chi connectivity index (χ3n) is 4.97. The van der Waals surface area contributed by atoms with E-state index in [1.807, 2.05) is 26.0 Å². The molecule has 2 atom stereocenters. The molecule has 0 aromatic heterocycles. The Morgan fingerprint density at radius 3 is 2.43 bits per heavy atom. The van der Waals surface area contributed by atoms with Crippen LogP contribution in [0, 0.1) is 11.8 Å². The molecule has 0 fully saturated rings. The van der Waals surface area contributed by atoms with Gasteiger partial charge in [0.1, 0.15) is 11.7 Å². The molecule has 2 unspecified atom stereocenters. The van der Waals surface area contributed by atoms with E-state index >= 15 is 0 Å². The molecule has 0 amide bonds. The van der Waals surface area contributed by atoms with Gasteiger partial charge in [0.05, 0.1) is 0 Å². The van der Waals surface area contributed by atoms with E-state index in [0.29, 0.717) is 5.75 Å². The van der Waals surface area contributed by atoms with E-state index in [9.17, 15) is 9.59 Å². The molecule has 2 rings (SSSR count). The van der Waals surface area contributed by atoms with Crippen molar-refractivity contribution in [3.63, 3.8) is 0 Å². The lowest BCUT2D eigenvalue weighted by Crippen LogP contribution is -2.42. The van der Waals surface area contributed by atoms with Crippen molar-refractivity contribution in [3.05, 3.63) is 54.1 Å².